The minimum atomic E-state index is -0.924. The van der Waals surface area contributed by atoms with E-state index < -0.39 is 12.1 Å². The molecule has 0 aliphatic carbocycles. The Morgan fingerprint density at radius 2 is 1.97 bits per heavy atom. The van der Waals surface area contributed by atoms with Gasteiger partial charge in [-0.05, 0) is 36.8 Å². The van der Waals surface area contributed by atoms with Crippen molar-refractivity contribution in [3.05, 3.63) is 95.5 Å². The lowest BCUT2D eigenvalue weighted by Crippen LogP contribution is -2.21. The molecule has 4 rings (SSSR count). The van der Waals surface area contributed by atoms with Crippen LogP contribution in [0.4, 0.5) is 0 Å². The van der Waals surface area contributed by atoms with E-state index in [0.717, 1.165) is 5.56 Å². The Hall–Kier alpha value is -3.93. The van der Waals surface area contributed by atoms with Crippen LogP contribution >= 0.6 is 0 Å². The monoisotopic (exact) mass is 401 g/mol. The molecule has 0 spiro atoms. The molecule has 3 aromatic rings. The molecule has 1 aliphatic rings. The number of rotatable bonds is 6. The molecule has 1 aliphatic heterocycles. The predicted octanol–water partition coefficient (Wildman–Crippen LogP) is 4.38. The van der Waals surface area contributed by atoms with Crippen LogP contribution in [0.15, 0.2) is 78.8 Å². The number of nitrogens with zero attached hydrogens (tertiary/aromatic N) is 1. The van der Waals surface area contributed by atoms with E-state index in [1.165, 1.54) is 0 Å². The highest BCUT2D eigenvalue weighted by Gasteiger charge is 2.29. The number of fused-ring (bicyclic) bond motifs is 1. The fraction of sp³-hybridized carbons (Fsp3) is 0.125. The number of hydrogen-bond donors (Lipinski definition) is 0. The molecule has 1 unspecified atom stereocenters. The Morgan fingerprint density at radius 3 is 2.70 bits per heavy atom. The summed E-state index contributed by atoms with van der Waals surface area (Å²) >= 11 is 0. The third kappa shape index (κ3) is 4.07. The highest BCUT2D eigenvalue weighted by atomic mass is 16.6. The summed E-state index contributed by atoms with van der Waals surface area (Å²) in [7, 11) is 0. The third-order valence-corrected chi connectivity index (χ3v) is 4.48. The van der Waals surface area contributed by atoms with Crippen molar-refractivity contribution in [3.8, 4) is 11.5 Å². The number of ether oxygens (including phenoxy) is 3. The van der Waals surface area contributed by atoms with Gasteiger partial charge in [-0.1, -0.05) is 36.4 Å². The molecular formula is C24H19NO5. The first kappa shape index (κ1) is 19.4. The summed E-state index contributed by atoms with van der Waals surface area (Å²) in [5.74, 6) is 0.276. The molecule has 30 heavy (non-hydrogen) atoms. The van der Waals surface area contributed by atoms with E-state index in [-0.39, 0.29) is 18.1 Å². The molecule has 0 bridgehead atoms. The van der Waals surface area contributed by atoms with Gasteiger partial charge < -0.3 is 14.2 Å². The molecule has 1 aromatic heterocycles. The van der Waals surface area contributed by atoms with Gasteiger partial charge in [0.05, 0.1) is 12.2 Å². The van der Waals surface area contributed by atoms with Crippen LogP contribution in [0.5, 0.6) is 11.5 Å². The first-order chi connectivity index (χ1) is 14.7. The van der Waals surface area contributed by atoms with E-state index in [1.807, 2.05) is 24.3 Å². The van der Waals surface area contributed by atoms with Crippen molar-refractivity contribution >= 4 is 17.8 Å². The molecule has 0 amide bonds. The normalized spacial score (nSPS) is 14.7. The van der Waals surface area contributed by atoms with Crippen LogP contribution in [0.3, 0.4) is 0 Å². The fourth-order valence-electron chi connectivity index (χ4n) is 3.09. The summed E-state index contributed by atoms with van der Waals surface area (Å²) < 4.78 is 16.8. The third-order valence-electron chi connectivity index (χ3n) is 4.48. The Labute approximate surface area is 173 Å². The van der Waals surface area contributed by atoms with Gasteiger partial charge in [0.25, 0.3) is 0 Å². The average molecular weight is 401 g/mol. The van der Waals surface area contributed by atoms with Gasteiger partial charge in [-0.15, -0.1) is 0 Å². The SMILES string of the molecule is CCOC(=O)C(Oc1ccc2c(c1)O/C(=C\c1cccnc1)C2=O)c1ccccc1. The molecule has 2 aromatic carbocycles. The molecule has 0 saturated carbocycles. The van der Waals surface area contributed by atoms with Crippen molar-refractivity contribution in [2.45, 2.75) is 13.0 Å². The second-order valence-corrected chi connectivity index (χ2v) is 6.54. The molecule has 0 radical (unpaired) electrons. The summed E-state index contributed by atoms with van der Waals surface area (Å²) in [6, 6.07) is 17.6. The summed E-state index contributed by atoms with van der Waals surface area (Å²) in [6.07, 6.45) is 4.02. The Morgan fingerprint density at radius 1 is 1.13 bits per heavy atom. The van der Waals surface area contributed by atoms with E-state index in [4.69, 9.17) is 14.2 Å². The smallest absolute Gasteiger partial charge is 0.352 e. The Kier molecular flexibility index (Phi) is 5.57. The van der Waals surface area contributed by atoms with Gasteiger partial charge in [0.1, 0.15) is 11.5 Å². The largest absolute Gasteiger partial charge is 0.474 e. The average Bonchev–Trinajstić information content (AvgIpc) is 3.08. The topological polar surface area (TPSA) is 74.7 Å². The van der Waals surface area contributed by atoms with Gasteiger partial charge in [0.2, 0.25) is 11.9 Å². The highest BCUT2D eigenvalue weighted by Crippen LogP contribution is 2.36. The zero-order chi connectivity index (χ0) is 20.9. The van der Waals surface area contributed by atoms with Gasteiger partial charge in [-0.25, -0.2) is 4.79 Å². The maximum atomic E-state index is 12.6. The minimum absolute atomic E-state index is 0.208. The number of benzene rings is 2. The van der Waals surface area contributed by atoms with Gasteiger partial charge in [-0.2, -0.15) is 0 Å². The number of esters is 1. The zero-order valence-corrected chi connectivity index (χ0v) is 16.3. The number of hydrogen-bond acceptors (Lipinski definition) is 6. The van der Waals surface area contributed by atoms with E-state index in [1.54, 1.807) is 61.8 Å². The quantitative estimate of drug-likeness (QED) is 0.451. The van der Waals surface area contributed by atoms with Crippen molar-refractivity contribution in [2.75, 3.05) is 6.61 Å². The molecule has 1 atom stereocenters. The van der Waals surface area contributed by atoms with Gasteiger partial charge in [0.15, 0.2) is 5.76 Å². The molecular weight excluding hydrogens is 382 g/mol. The summed E-state index contributed by atoms with van der Waals surface area (Å²) in [5, 5.41) is 0. The van der Waals surface area contributed by atoms with Crippen LogP contribution in [0.2, 0.25) is 0 Å². The molecule has 0 N–H and O–H groups in total. The Bertz CT molecular complexity index is 1090. The van der Waals surface area contributed by atoms with Crippen molar-refractivity contribution in [3.63, 3.8) is 0 Å². The molecule has 0 saturated heterocycles. The summed E-state index contributed by atoms with van der Waals surface area (Å²) in [4.78, 5) is 29.1. The lowest BCUT2D eigenvalue weighted by Gasteiger charge is -2.18. The molecule has 6 heteroatoms. The summed E-state index contributed by atoms with van der Waals surface area (Å²) in [5.41, 5.74) is 1.87. The molecule has 2 heterocycles. The van der Waals surface area contributed by atoms with Crippen LogP contribution in [0.1, 0.15) is 34.5 Å². The number of allylic oxidation sites excluding steroid dienone is 1. The van der Waals surface area contributed by atoms with Crippen LogP contribution in [-0.4, -0.2) is 23.3 Å². The molecule has 150 valence electrons. The number of aromatic nitrogens is 1. The number of carbonyl (C=O) groups is 2. The maximum Gasteiger partial charge on any atom is 0.352 e. The van der Waals surface area contributed by atoms with E-state index >= 15 is 0 Å². The van der Waals surface area contributed by atoms with Crippen LogP contribution in [0.25, 0.3) is 6.08 Å². The first-order valence-corrected chi connectivity index (χ1v) is 9.52. The minimum Gasteiger partial charge on any atom is -0.474 e. The fourth-order valence-corrected chi connectivity index (χ4v) is 3.09. The number of ketones is 1. The Balaban J connectivity index is 1.59. The van der Waals surface area contributed by atoms with E-state index in [0.29, 0.717) is 22.6 Å². The summed E-state index contributed by atoms with van der Waals surface area (Å²) in [6.45, 7) is 1.99. The van der Waals surface area contributed by atoms with Crippen molar-refractivity contribution < 1.29 is 23.8 Å². The molecule has 6 nitrogen and oxygen atoms in total. The number of Topliss-reactive ketones (excluding diaryl/α,β-unsaturated/α-hetero) is 1. The number of carbonyl (C=O) groups excluding carboxylic acids is 2. The van der Waals surface area contributed by atoms with Crippen LogP contribution < -0.4 is 9.47 Å². The maximum absolute atomic E-state index is 12.6. The predicted molar refractivity (Wildman–Crippen MR) is 110 cm³/mol. The first-order valence-electron chi connectivity index (χ1n) is 9.52. The van der Waals surface area contributed by atoms with E-state index in [9.17, 15) is 9.59 Å². The van der Waals surface area contributed by atoms with Crippen molar-refractivity contribution in [2.24, 2.45) is 0 Å². The standard InChI is InChI=1S/C24H19NO5/c1-2-28-24(27)23(17-8-4-3-5-9-17)29-18-10-11-19-20(14-18)30-21(22(19)26)13-16-7-6-12-25-15-16/h3-15,23H,2H2,1H3/b21-13-. The van der Waals surface area contributed by atoms with Crippen LogP contribution in [0, 0.1) is 0 Å². The van der Waals surface area contributed by atoms with E-state index in [2.05, 4.69) is 4.98 Å². The second kappa shape index (κ2) is 8.61. The lowest BCUT2D eigenvalue weighted by molar-refractivity contribution is -0.151. The van der Waals surface area contributed by atoms with Crippen molar-refractivity contribution in [1.29, 1.82) is 0 Å². The molecule has 0 fully saturated rings. The van der Waals surface area contributed by atoms with Crippen LogP contribution in [-0.2, 0) is 9.53 Å². The lowest BCUT2D eigenvalue weighted by atomic mass is 10.1. The number of pyridine rings is 1. The van der Waals surface area contributed by atoms with Gasteiger partial charge >= 0.3 is 5.97 Å². The zero-order valence-electron chi connectivity index (χ0n) is 16.3. The van der Waals surface area contributed by atoms with Gasteiger partial charge in [-0.3, -0.25) is 9.78 Å². The van der Waals surface area contributed by atoms with Crippen molar-refractivity contribution in [1.82, 2.24) is 4.98 Å². The highest BCUT2D eigenvalue weighted by molar-refractivity contribution is 6.14. The second-order valence-electron chi connectivity index (χ2n) is 6.54. The van der Waals surface area contributed by atoms with Gasteiger partial charge in [0, 0.05) is 24.0 Å².